The fourth-order valence-electron chi connectivity index (χ4n) is 4.11. The number of hydrazine groups is 2. The number of rotatable bonds is 17. The monoisotopic (exact) mass is 414 g/mol. The molecular weight excluding hydrogens is 368 g/mol. The molecule has 0 amide bonds. The molecule has 170 valence electrons. The highest BCUT2D eigenvalue weighted by Gasteiger charge is 2.19. The first-order chi connectivity index (χ1) is 14.7. The van der Waals surface area contributed by atoms with Gasteiger partial charge in [0.2, 0.25) is 0 Å². The van der Waals surface area contributed by atoms with Crippen LogP contribution in [0, 0.1) is 6.92 Å². The highest BCUT2D eigenvalue weighted by molar-refractivity contribution is 5.47. The molecule has 1 heterocycles. The second kappa shape index (κ2) is 15.2. The Kier molecular flexibility index (Phi) is 12.4. The predicted octanol–water partition coefficient (Wildman–Crippen LogP) is 6.99. The molecule has 0 spiro atoms. The van der Waals surface area contributed by atoms with Gasteiger partial charge >= 0.3 is 0 Å². The summed E-state index contributed by atoms with van der Waals surface area (Å²) < 4.78 is 0. The molecule has 2 rings (SSSR count). The Bertz CT molecular complexity index is 570. The summed E-state index contributed by atoms with van der Waals surface area (Å²) >= 11 is 0. The molecule has 0 aliphatic carbocycles. The van der Waals surface area contributed by atoms with Crippen LogP contribution in [0.3, 0.4) is 0 Å². The number of benzene rings is 1. The van der Waals surface area contributed by atoms with Crippen LogP contribution in [0.4, 0.5) is 5.69 Å². The summed E-state index contributed by atoms with van der Waals surface area (Å²) in [5.41, 5.74) is 5.87. The van der Waals surface area contributed by atoms with E-state index in [1.165, 1.54) is 101 Å². The Balaban J connectivity index is 1.83. The summed E-state index contributed by atoms with van der Waals surface area (Å²) in [5.74, 6) is 0. The first-order valence-corrected chi connectivity index (χ1v) is 12.5. The summed E-state index contributed by atoms with van der Waals surface area (Å²) in [6.45, 7) is 10.1. The molecule has 0 radical (unpaired) electrons. The first-order valence-electron chi connectivity index (χ1n) is 12.5. The minimum atomic E-state index is 0.946. The summed E-state index contributed by atoms with van der Waals surface area (Å²) in [5, 5.41) is 4.48. The van der Waals surface area contributed by atoms with Gasteiger partial charge in [0.1, 0.15) is 0 Å². The van der Waals surface area contributed by atoms with Gasteiger partial charge in [0, 0.05) is 12.4 Å². The van der Waals surface area contributed by atoms with Crippen molar-refractivity contribution in [3.8, 4) is 0 Å². The van der Waals surface area contributed by atoms with Gasteiger partial charge in [0.05, 0.1) is 12.4 Å². The van der Waals surface area contributed by atoms with E-state index in [-0.39, 0.29) is 0 Å². The number of nitrogens with one attached hydrogen (secondary N) is 1. The third kappa shape index (κ3) is 9.42. The lowest BCUT2D eigenvalue weighted by molar-refractivity contribution is 0.157. The molecule has 30 heavy (non-hydrogen) atoms. The Labute approximate surface area is 186 Å². The number of hydrogen-bond donors (Lipinski definition) is 1. The van der Waals surface area contributed by atoms with Crippen molar-refractivity contribution >= 4 is 5.69 Å². The van der Waals surface area contributed by atoms with Gasteiger partial charge in [-0.15, -0.1) is 0 Å². The van der Waals surface area contributed by atoms with Gasteiger partial charge in [0.25, 0.3) is 0 Å². The normalized spacial score (nSPS) is 13.5. The van der Waals surface area contributed by atoms with E-state index in [4.69, 9.17) is 0 Å². The smallest absolute Gasteiger partial charge is 0.0928 e. The average Bonchev–Trinajstić information content (AvgIpc) is 3.21. The van der Waals surface area contributed by atoms with Crippen LogP contribution >= 0.6 is 0 Å². The first kappa shape index (κ1) is 24.6. The van der Waals surface area contributed by atoms with Gasteiger partial charge in [0.15, 0.2) is 0 Å². The molecule has 0 saturated carbocycles. The molecule has 0 aromatic heterocycles. The van der Waals surface area contributed by atoms with Gasteiger partial charge < -0.3 is 0 Å². The summed E-state index contributed by atoms with van der Waals surface area (Å²) in [6.07, 6.45) is 20.6. The van der Waals surface area contributed by atoms with Crippen molar-refractivity contribution in [3.05, 3.63) is 42.2 Å². The van der Waals surface area contributed by atoms with E-state index >= 15 is 0 Å². The van der Waals surface area contributed by atoms with E-state index in [1.807, 2.05) is 6.20 Å². The zero-order valence-corrected chi connectivity index (χ0v) is 19.9. The van der Waals surface area contributed by atoms with E-state index in [1.54, 1.807) is 0 Å². The van der Waals surface area contributed by atoms with Gasteiger partial charge in [-0.1, -0.05) is 90.2 Å². The number of aryl methyl sites for hydroxylation is 1. The summed E-state index contributed by atoms with van der Waals surface area (Å²) in [6, 6.07) is 8.69. The van der Waals surface area contributed by atoms with E-state index in [0.29, 0.717) is 0 Å². The van der Waals surface area contributed by atoms with Gasteiger partial charge in [-0.3, -0.25) is 15.3 Å². The Morgan fingerprint density at radius 3 is 2.00 bits per heavy atom. The van der Waals surface area contributed by atoms with E-state index < -0.39 is 0 Å². The summed E-state index contributed by atoms with van der Waals surface area (Å²) in [7, 11) is 0. The Morgan fingerprint density at radius 2 is 1.40 bits per heavy atom. The highest BCUT2D eigenvalue weighted by atomic mass is 15.8. The van der Waals surface area contributed by atoms with Crippen molar-refractivity contribution in [3.63, 3.8) is 0 Å². The lowest BCUT2D eigenvalue weighted by Gasteiger charge is -2.35. The maximum atomic E-state index is 3.39. The lowest BCUT2D eigenvalue weighted by Crippen LogP contribution is -2.47. The van der Waals surface area contributed by atoms with E-state index in [9.17, 15) is 0 Å². The maximum Gasteiger partial charge on any atom is 0.0928 e. The second-order valence-electron chi connectivity index (χ2n) is 8.83. The molecule has 1 N–H and O–H groups in total. The van der Waals surface area contributed by atoms with Gasteiger partial charge in [-0.25, -0.2) is 0 Å². The predicted molar refractivity (Wildman–Crippen MR) is 131 cm³/mol. The number of unbranched alkanes of at least 4 members (excludes halogenated alkanes) is 10. The molecule has 4 nitrogen and oxygen atoms in total. The minimum Gasteiger partial charge on any atom is -0.285 e. The molecular formula is C26H46N4. The van der Waals surface area contributed by atoms with E-state index in [2.05, 4.69) is 71.7 Å². The minimum absolute atomic E-state index is 0.946. The van der Waals surface area contributed by atoms with Crippen molar-refractivity contribution in [2.75, 3.05) is 24.9 Å². The molecule has 1 aliphatic heterocycles. The second-order valence-corrected chi connectivity index (χ2v) is 8.83. The average molecular weight is 415 g/mol. The van der Waals surface area contributed by atoms with Crippen LogP contribution in [0.5, 0.6) is 0 Å². The molecule has 1 aromatic carbocycles. The molecule has 0 unspecified atom stereocenters. The van der Waals surface area contributed by atoms with Crippen LogP contribution in [0.15, 0.2) is 36.7 Å². The highest BCUT2D eigenvalue weighted by Crippen LogP contribution is 2.20. The molecule has 0 fully saturated rings. The van der Waals surface area contributed by atoms with Gasteiger partial charge in [-0.05, 0) is 50.6 Å². The lowest BCUT2D eigenvalue weighted by atomic mass is 10.1. The molecule has 1 aliphatic rings. The zero-order chi connectivity index (χ0) is 21.4. The quantitative estimate of drug-likeness (QED) is 0.277. The molecule has 1 aromatic rings. The van der Waals surface area contributed by atoms with E-state index in [0.717, 1.165) is 6.67 Å². The van der Waals surface area contributed by atoms with Crippen LogP contribution in [0.2, 0.25) is 0 Å². The Hall–Kier alpha value is -1.68. The summed E-state index contributed by atoms with van der Waals surface area (Å²) in [4.78, 5) is 2.65. The fourth-order valence-corrected chi connectivity index (χ4v) is 4.11. The number of anilines is 1. The van der Waals surface area contributed by atoms with Crippen molar-refractivity contribution in [1.82, 2.24) is 15.3 Å². The third-order valence-electron chi connectivity index (χ3n) is 5.95. The Morgan fingerprint density at radius 1 is 0.800 bits per heavy atom. The van der Waals surface area contributed by atoms with Crippen LogP contribution in [0.1, 0.15) is 96.5 Å². The van der Waals surface area contributed by atoms with Crippen molar-refractivity contribution in [2.24, 2.45) is 0 Å². The standard InChI is InChI=1S/C26H46N4/c1-4-6-8-10-12-14-20-28(21-15-13-11-9-7-5-2)24-29-22-19-27-30(29)26-18-16-17-25(3)23-26/h16-19,22-23,27H,4-15,20-21,24H2,1-3H3. The number of hydrogen-bond acceptors (Lipinski definition) is 4. The third-order valence-corrected chi connectivity index (χ3v) is 5.95. The largest absolute Gasteiger partial charge is 0.285 e. The van der Waals surface area contributed by atoms with Crippen molar-refractivity contribution < 1.29 is 0 Å². The van der Waals surface area contributed by atoms with Crippen LogP contribution < -0.4 is 10.5 Å². The fraction of sp³-hybridized carbons (Fsp3) is 0.692. The SMILES string of the molecule is CCCCCCCCN(CCCCCCCC)CN1C=CNN1c1cccc(C)c1. The van der Waals surface area contributed by atoms with Crippen molar-refractivity contribution in [2.45, 2.75) is 97.8 Å². The molecule has 0 bridgehead atoms. The number of nitrogens with zero attached hydrogens (tertiary/aromatic N) is 3. The topological polar surface area (TPSA) is 21.8 Å². The van der Waals surface area contributed by atoms with Crippen molar-refractivity contribution in [1.29, 1.82) is 0 Å². The van der Waals surface area contributed by atoms with Gasteiger partial charge in [-0.2, -0.15) is 5.12 Å². The zero-order valence-electron chi connectivity index (χ0n) is 19.9. The maximum absolute atomic E-state index is 3.39. The van der Waals surface area contributed by atoms with Crippen LogP contribution in [0.25, 0.3) is 0 Å². The molecule has 0 atom stereocenters. The van der Waals surface area contributed by atoms with Crippen LogP contribution in [-0.2, 0) is 0 Å². The molecule has 0 saturated heterocycles. The molecule has 4 heteroatoms. The van der Waals surface area contributed by atoms with Crippen LogP contribution in [-0.4, -0.2) is 29.7 Å².